The van der Waals surface area contributed by atoms with Gasteiger partial charge in [0.15, 0.2) is 0 Å². The van der Waals surface area contributed by atoms with Gasteiger partial charge in [-0.15, -0.1) is 0 Å². The first-order chi connectivity index (χ1) is 23.6. The zero-order valence-corrected chi connectivity index (χ0v) is 26.9. The molecule has 48 heavy (non-hydrogen) atoms. The van der Waals surface area contributed by atoms with Gasteiger partial charge in [0.1, 0.15) is 11.3 Å². The summed E-state index contributed by atoms with van der Waals surface area (Å²) < 4.78 is 6.49. The highest BCUT2D eigenvalue weighted by Gasteiger charge is 2.40. The molecule has 1 nitrogen and oxygen atoms in total. The van der Waals surface area contributed by atoms with Gasteiger partial charge in [-0.05, 0) is 95.5 Å². The van der Waals surface area contributed by atoms with Crippen LogP contribution in [0.4, 0.5) is 0 Å². The lowest BCUT2D eigenvalue weighted by Gasteiger charge is -2.23. The lowest BCUT2D eigenvalue weighted by atomic mass is 9.79. The minimum Gasteiger partial charge on any atom is -0.456 e. The van der Waals surface area contributed by atoms with Crippen LogP contribution >= 0.6 is 0 Å². The van der Waals surface area contributed by atoms with Crippen LogP contribution in [-0.4, -0.2) is 0 Å². The maximum absolute atomic E-state index is 6.49. The number of rotatable bonds is 3. The molecule has 0 fully saturated rings. The monoisotopic (exact) mass is 612 g/mol. The van der Waals surface area contributed by atoms with Crippen LogP contribution in [0, 0.1) is 0 Å². The Hall–Kier alpha value is -5.92. The molecule has 10 rings (SSSR count). The van der Waals surface area contributed by atoms with Gasteiger partial charge in [-0.1, -0.05) is 147 Å². The van der Waals surface area contributed by atoms with E-state index in [4.69, 9.17) is 4.42 Å². The molecule has 1 aromatic heterocycles. The number of hydrogen-bond acceptors (Lipinski definition) is 1. The standard InChI is InChI=1S/C47H32O/c1-47(2)41-28-34(24-25-39(41)46-45(47)40-20-9-10-21-42(40)48-46)44-37-18-7-5-16-35(37)43(36-17-6-8-19-38(36)44)33-15-11-14-31(27-33)32-23-22-29-12-3-4-13-30(29)26-32/h3-28H,1-2H3. The van der Waals surface area contributed by atoms with E-state index in [2.05, 4.69) is 172 Å². The van der Waals surface area contributed by atoms with Gasteiger partial charge in [0.25, 0.3) is 0 Å². The zero-order chi connectivity index (χ0) is 32.0. The molecule has 0 amide bonds. The molecule has 0 saturated heterocycles. The second-order valence-electron chi connectivity index (χ2n) is 13.7. The molecular weight excluding hydrogens is 581 g/mol. The largest absolute Gasteiger partial charge is 0.456 e. The third kappa shape index (κ3) is 3.85. The molecule has 0 N–H and O–H groups in total. The van der Waals surface area contributed by atoms with Gasteiger partial charge < -0.3 is 4.42 Å². The predicted octanol–water partition coefficient (Wildman–Crippen LogP) is 13.2. The lowest BCUT2D eigenvalue weighted by Crippen LogP contribution is -2.15. The van der Waals surface area contributed by atoms with Gasteiger partial charge in [0, 0.05) is 21.9 Å². The molecule has 0 aliphatic heterocycles. The van der Waals surface area contributed by atoms with Crippen molar-refractivity contribution in [1.29, 1.82) is 0 Å². The van der Waals surface area contributed by atoms with Crippen molar-refractivity contribution in [2.45, 2.75) is 19.3 Å². The number of furan rings is 1. The number of fused-ring (bicyclic) bond motifs is 8. The van der Waals surface area contributed by atoms with Crippen LogP contribution in [0.5, 0.6) is 0 Å². The van der Waals surface area contributed by atoms with E-state index in [0.717, 1.165) is 11.3 Å². The zero-order valence-electron chi connectivity index (χ0n) is 26.9. The normalized spacial score (nSPS) is 13.4. The second-order valence-corrected chi connectivity index (χ2v) is 13.7. The van der Waals surface area contributed by atoms with Crippen molar-refractivity contribution in [3.05, 3.63) is 169 Å². The Morgan fingerprint density at radius 1 is 0.417 bits per heavy atom. The Bertz CT molecular complexity index is 2700. The maximum Gasteiger partial charge on any atom is 0.139 e. The first-order valence-corrected chi connectivity index (χ1v) is 16.8. The molecule has 0 bridgehead atoms. The quantitative estimate of drug-likeness (QED) is 0.181. The van der Waals surface area contributed by atoms with Gasteiger partial charge in [0.05, 0.1) is 0 Å². The minimum atomic E-state index is -0.179. The van der Waals surface area contributed by atoms with Crippen LogP contribution in [0.25, 0.3) is 88.0 Å². The molecule has 0 saturated carbocycles. The van der Waals surface area contributed by atoms with Gasteiger partial charge in [-0.3, -0.25) is 0 Å². The summed E-state index contributed by atoms with van der Waals surface area (Å²) in [5, 5.41) is 8.78. The maximum atomic E-state index is 6.49. The van der Waals surface area contributed by atoms with E-state index in [1.165, 1.54) is 87.8 Å². The summed E-state index contributed by atoms with van der Waals surface area (Å²) in [5.41, 5.74) is 12.1. The fourth-order valence-electron chi connectivity index (χ4n) is 8.38. The first kappa shape index (κ1) is 27.2. The van der Waals surface area contributed by atoms with E-state index in [1.807, 2.05) is 0 Å². The molecule has 226 valence electrons. The predicted molar refractivity (Wildman–Crippen MR) is 203 cm³/mol. The summed E-state index contributed by atoms with van der Waals surface area (Å²) in [6, 6.07) is 57.7. The molecule has 1 heterocycles. The Morgan fingerprint density at radius 3 is 1.67 bits per heavy atom. The third-order valence-corrected chi connectivity index (χ3v) is 10.6. The van der Waals surface area contributed by atoms with Gasteiger partial charge in [0.2, 0.25) is 0 Å². The average molecular weight is 613 g/mol. The molecule has 0 unspecified atom stereocenters. The van der Waals surface area contributed by atoms with Crippen LogP contribution in [0.2, 0.25) is 0 Å². The van der Waals surface area contributed by atoms with Gasteiger partial charge >= 0.3 is 0 Å². The van der Waals surface area contributed by atoms with Crippen molar-refractivity contribution < 1.29 is 4.42 Å². The van der Waals surface area contributed by atoms with Crippen molar-refractivity contribution in [2.75, 3.05) is 0 Å². The summed E-state index contributed by atoms with van der Waals surface area (Å²) in [7, 11) is 0. The lowest BCUT2D eigenvalue weighted by molar-refractivity contribution is 0.619. The molecule has 8 aromatic carbocycles. The molecule has 9 aromatic rings. The van der Waals surface area contributed by atoms with Gasteiger partial charge in [-0.2, -0.15) is 0 Å². The topological polar surface area (TPSA) is 13.1 Å². The Kier molecular flexibility index (Phi) is 5.69. The molecule has 0 spiro atoms. The van der Waals surface area contributed by atoms with Crippen LogP contribution in [0.3, 0.4) is 0 Å². The first-order valence-electron chi connectivity index (χ1n) is 16.8. The van der Waals surface area contributed by atoms with E-state index in [1.54, 1.807) is 0 Å². The van der Waals surface area contributed by atoms with E-state index >= 15 is 0 Å². The highest BCUT2D eigenvalue weighted by atomic mass is 16.3. The fraction of sp³-hybridized carbons (Fsp3) is 0.0638. The van der Waals surface area contributed by atoms with Gasteiger partial charge in [-0.25, -0.2) is 0 Å². The third-order valence-electron chi connectivity index (χ3n) is 10.6. The Labute approximate surface area is 279 Å². The number of hydrogen-bond donors (Lipinski definition) is 0. The Balaban J connectivity index is 1.19. The van der Waals surface area contributed by atoms with Crippen molar-refractivity contribution in [2.24, 2.45) is 0 Å². The molecular formula is C47H32O. The number of benzene rings is 8. The van der Waals surface area contributed by atoms with Crippen LogP contribution in [0.15, 0.2) is 162 Å². The summed E-state index contributed by atoms with van der Waals surface area (Å²) >= 11 is 0. The van der Waals surface area contributed by atoms with E-state index in [-0.39, 0.29) is 5.41 Å². The van der Waals surface area contributed by atoms with Crippen molar-refractivity contribution in [3.8, 4) is 44.7 Å². The van der Waals surface area contributed by atoms with Crippen LogP contribution in [-0.2, 0) is 5.41 Å². The van der Waals surface area contributed by atoms with Crippen molar-refractivity contribution in [3.63, 3.8) is 0 Å². The van der Waals surface area contributed by atoms with Crippen molar-refractivity contribution in [1.82, 2.24) is 0 Å². The molecule has 1 aliphatic carbocycles. The highest BCUT2D eigenvalue weighted by Crippen LogP contribution is 2.54. The van der Waals surface area contributed by atoms with E-state index in [9.17, 15) is 0 Å². The van der Waals surface area contributed by atoms with Crippen LogP contribution in [0.1, 0.15) is 25.0 Å². The fourth-order valence-corrected chi connectivity index (χ4v) is 8.38. The molecule has 1 heteroatoms. The summed E-state index contributed by atoms with van der Waals surface area (Å²) in [6.45, 7) is 4.68. The van der Waals surface area contributed by atoms with E-state index in [0.29, 0.717) is 0 Å². The smallest absolute Gasteiger partial charge is 0.139 e. The average Bonchev–Trinajstić information content (AvgIpc) is 3.63. The van der Waals surface area contributed by atoms with Crippen LogP contribution < -0.4 is 0 Å². The minimum absolute atomic E-state index is 0.179. The summed E-state index contributed by atoms with van der Waals surface area (Å²) in [5.74, 6) is 1.01. The second kappa shape index (κ2) is 10.0. The summed E-state index contributed by atoms with van der Waals surface area (Å²) in [4.78, 5) is 0. The van der Waals surface area contributed by atoms with Crippen molar-refractivity contribution >= 4 is 43.3 Å². The molecule has 0 atom stereocenters. The summed E-state index contributed by atoms with van der Waals surface area (Å²) in [6.07, 6.45) is 0. The molecule has 0 radical (unpaired) electrons. The SMILES string of the molecule is CC1(C)c2cc(-c3c4ccccc4c(-c4cccc(-c5ccc6ccccc6c5)c4)c4ccccc34)ccc2-c2oc3ccccc3c21. The Morgan fingerprint density at radius 2 is 0.958 bits per heavy atom. The highest BCUT2D eigenvalue weighted by molar-refractivity contribution is 6.21. The number of para-hydroxylation sites is 1. The van der Waals surface area contributed by atoms with E-state index < -0.39 is 0 Å². The molecule has 1 aliphatic rings.